The van der Waals surface area contributed by atoms with Crippen molar-refractivity contribution in [3.8, 4) is 0 Å². The molecule has 1 amide bonds. The number of anilines is 1. The van der Waals surface area contributed by atoms with Crippen molar-refractivity contribution < 1.29 is 22.0 Å². The van der Waals surface area contributed by atoms with E-state index in [0.29, 0.717) is 6.42 Å². The molecule has 1 heterocycles. The molecule has 21 heavy (non-hydrogen) atoms. The molecule has 0 aliphatic carbocycles. The lowest BCUT2D eigenvalue weighted by molar-refractivity contribution is -0.129. The van der Waals surface area contributed by atoms with E-state index >= 15 is 0 Å². The van der Waals surface area contributed by atoms with Crippen molar-refractivity contribution in [2.75, 3.05) is 30.4 Å². The Morgan fingerprint density at radius 2 is 2.14 bits per heavy atom. The number of nitrogens with one attached hydrogen (secondary N) is 1. The summed E-state index contributed by atoms with van der Waals surface area (Å²) in [5, 5.41) is 2.58. The van der Waals surface area contributed by atoms with Crippen LogP contribution in [0.2, 0.25) is 0 Å². The maximum atomic E-state index is 13.4. The normalized spacial score (nSPS) is 20.2. The molecule has 1 N–H and O–H groups in total. The Bertz CT molecular complexity index is 649. The van der Waals surface area contributed by atoms with E-state index in [4.69, 9.17) is 0 Å². The predicted molar refractivity (Wildman–Crippen MR) is 74.7 cm³/mol. The third kappa shape index (κ3) is 3.90. The van der Waals surface area contributed by atoms with Gasteiger partial charge in [0.1, 0.15) is 11.6 Å². The van der Waals surface area contributed by atoms with Crippen LogP contribution in [0.1, 0.15) is 6.42 Å². The molecule has 1 unspecified atom stereocenters. The highest BCUT2D eigenvalue weighted by Crippen LogP contribution is 2.17. The molecule has 1 atom stereocenters. The Morgan fingerprint density at radius 1 is 1.43 bits per heavy atom. The molecule has 1 aromatic carbocycles. The largest absolute Gasteiger partial charge is 0.374 e. The lowest BCUT2D eigenvalue weighted by Gasteiger charge is -2.23. The van der Waals surface area contributed by atoms with E-state index < -0.39 is 21.5 Å². The summed E-state index contributed by atoms with van der Waals surface area (Å²) in [7, 11) is -1.54. The van der Waals surface area contributed by atoms with Gasteiger partial charge in [-0.1, -0.05) is 0 Å². The van der Waals surface area contributed by atoms with E-state index in [9.17, 15) is 22.0 Å². The number of hydrogen-bond acceptors (Lipinski definition) is 4. The zero-order chi connectivity index (χ0) is 15.6. The van der Waals surface area contributed by atoms with Gasteiger partial charge < -0.3 is 10.2 Å². The van der Waals surface area contributed by atoms with Crippen molar-refractivity contribution in [1.82, 2.24) is 4.90 Å². The van der Waals surface area contributed by atoms with E-state index in [1.54, 1.807) is 0 Å². The van der Waals surface area contributed by atoms with Crippen molar-refractivity contribution in [3.63, 3.8) is 0 Å². The summed E-state index contributed by atoms with van der Waals surface area (Å²) in [6.07, 6.45) is 0.412. The van der Waals surface area contributed by atoms with Crippen molar-refractivity contribution in [3.05, 3.63) is 29.8 Å². The second-order valence-corrected chi connectivity index (χ2v) is 7.27. The van der Waals surface area contributed by atoms with Crippen LogP contribution in [-0.2, 0) is 14.6 Å². The Morgan fingerprint density at radius 3 is 2.71 bits per heavy atom. The van der Waals surface area contributed by atoms with Gasteiger partial charge in [-0.2, -0.15) is 0 Å². The minimum atomic E-state index is -3.07. The molecular weight excluding hydrogens is 302 g/mol. The first-order valence-electron chi connectivity index (χ1n) is 6.43. The lowest BCUT2D eigenvalue weighted by Crippen LogP contribution is -2.41. The highest BCUT2D eigenvalue weighted by molar-refractivity contribution is 7.91. The molecule has 0 radical (unpaired) electrons. The number of sulfone groups is 1. The Balaban J connectivity index is 1.92. The summed E-state index contributed by atoms with van der Waals surface area (Å²) in [4.78, 5) is 13.3. The highest BCUT2D eigenvalue weighted by Gasteiger charge is 2.32. The Hall–Kier alpha value is -1.70. The fraction of sp³-hybridized carbons (Fsp3) is 0.462. The summed E-state index contributed by atoms with van der Waals surface area (Å²) < 4.78 is 48.9. The van der Waals surface area contributed by atoms with Gasteiger partial charge in [0.25, 0.3) is 0 Å². The minimum Gasteiger partial charge on any atom is -0.374 e. The van der Waals surface area contributed by atoms with E-state index in [-0.39, 0.29) is 35.7 Å². The summed E-state index contributed by atoms with van der Waals surface area (Å²) in [5.41, 5.74) is 0.0252. The standard InChI is InChI=1S/C13H16F2N2O3S/c1-17(10-4-5-21(19,20)8-10)13(18)7-16-12-3-2-9(14)6-11(12)15/h2-3,6,10,16H,4-5,7-8H2,1H3. The van der Waals surface area contributed by atoms with Gasteiger partial charge in [0, 0.05) is 19.2 Å². The molecule has 0 bridgehead atoms. The average molecular weight is 318 g/mol. The first-order chi connectivity index (χ1) is 9.78. The molecule has 0 aromatic heterocycles. The van der Waals surface area contributed by atoms with Gasteiger partial charge in [-0.25, -0.2) is 17.2 Å². The Kier molecular flexibility index (Phi) is 4.46. The Labute approximate surface area is 121 Å². The average Bonchev–Trinajstić information content (AvgIpc) is 2.77. The van der Waals surface area contributed by atoms with Crippen LogP contribution in [-0.4, -0.2) is 50.4 Å². The van der Waals surface area contributed by atoms with Crippen LogP contribution < -0.4 is 5.32 Å². The highest BCUT2D eigenvalue weighted by atomic mass is 32.2. The van der Waals surface area contributed by atoms with Gasteiger partial charge in [-0.15, -0.1) is 0 Å². The summed E-state index contributed by atoms with van der Waals surface area (Å²) in [5.74, 6) is -1.79. The first kappa shape index (κ1) is 15.7. The van der Waals surface area contributed by atoms with Crippen molar-refractivity contribution in [2.45, 2.75) is 12.5 Å². The molecule has 5 nitrogen and oxygen atoms in total. The number of nitrogens with zero attached hydrogens (tertiary/aromatic N) is 1. The van der Waals surface area contributed by atoms with E-state index in [1.807, 2.05) is 0 Å². The number of carbonyl (C=O) groups is 1. The molecule has 1 aromatic rings. The molecule has 1 aliphatic rings. The fourth-order valence-corrected chi connectivity index (χ4v) is 3.99. The molecule has 1 aliphatic heterocycles. The third-order valence-electron chi connectivity index (χ3n) is 3.51. The molecular formula is C13H16F2N2O3S. The molecule has 116 valence electrons. The molecule has 8 heteroatoms. The molecule has 0 spiro atoms. The first-order valence-corrected chi connectivity index (χ1v) is 8.25. The van der Waals surface area contributed by atoms with Crippen molar-refractivity contribution in [2.24, 2.45) is 0 Å². The SMILES string of the molecule is CN(C(=O)CNc1ccc(F)cc1F)C1CCS(=O)(=O)C1. The number of hydrogen-bond donors (Lipinski definition) is 1. The third-order valence-corrected chi connectivity index (χ3v) is 5.26. The molecule has 1 fully saturated rings. The topological polar surface area (TPSA) is 66.5 Å². The number of amides is 1. The number of benzene rings is 1. The summed E-state index contributed by atoms with van der Waals surface area (Å²) in [6.45, 7) is -0.185. The van der Waals surface area contributed by atoms with Crippen LogP contribution in [0.25, 0.3) is 0 Å². The second-order valence-electron chi connectivity index (χ2n) is 5.04. The van der Waals surface area contributed by atoms with Gasteiger partial charge in [0.2, 0.25) is 5.91 Å². The van der Waals surface area contributed by atoms with Crippen LogP contribution in [0.5, 0.6) is 0 Å². The quantitative estimate of drug-likeness (QED) is 0.900. The smallest absolute Gasteiger partial charge is 0.241 e. The van der Waals surface area contributed by atoms with Gasteiger partial charge >= 0.3 is 0 Å². The number of rotatable bonds is 4. The van der Waals surface area contributed by atoms with Crippen molar-refractivity contribution >= 4 is 21.4 Å². The predicted octanol–water partition coefficient (Wildman–Crippen LogP) is 1.02. The minimum absolute atomic E-state index is 0.0252. The van der Waals surface area contributed by atoms with Crippen LogP contribution in [0, 0.1) is 11.6 Å². The molecule has 2 rings (SSSR count). The van der Waals surface area contributed by atoms with Gasteiger partial charge in [0.05, 0.1) is 23.7 Å². The van der Waals surface area contributed by atoms with Gasteiger partial charge in [-0.05, 0) is 18.6 Å². The van der Waals surface area contributed by atoms with Crippen LogP contribution in [0.4, 0.5) is 14.5 Å². The zero-order valence-corrected chi connectivity index (χ0v) is 12.3. The van der Waals surface area contributed by atoms with Crippen LogP contribution >= 0.6 is 0 Å². The second kappa shape index (κ2) is 5.97. The van der Waals surface area contributed by atoms with E-state index in [1.165, 1.54) is 18.0 Å². The van der Waals surface area contributed by atoms with E-state index in [0.717, 1.165) is 12.1 Å². The van der Waals surface area contributed by atoms with Crippen LogP contribution in [0.3, 0.4) is 0 Å². The summed E-state index contributed by atoms with van der Waals surface area (Å²) >= 11 is 0. The van der Waals surface area contributed by atoms with Gasteiger partial charge in [-0.3, -0.25) is 4.79 Å². The number of likely N-dealkylation sites (N-methyl/N-ethyl adjacent to an activating group) is 1. The molecule has 0 saturated carbocycles. The van der Waals surface area contributed by atoms with Crippen LogP contribution in [0.15, 0.2) is 18.2 Å². The lowest BCUT2D eigenvalue weighted by atomic mass is 10.2. The van der Waals surface area contributed by atoms with Crippen molar-refractivity contribution in [1.29, 1.82) is 0 Å². The monoisotopic (exact) mass is 318 g/mol. The number of carbonyl (C=O) groups excluding carboxylic acids is 1. The van der Waals surface area contributed by atoms with Gasteiger partial charge in [0.15, 0.2) is 9.84 Å². The maximum Gasteiger partial charge on any atom is 0.241 e. The molecule has 1 saturated heterocycles. The maximum absolute atomic E-state index is 13.4. The fourth-order valence-electron chi connectivity index (χ4n) is 2.21. The summed E-state index contributed by atoms with van der Waals surface area (Å²) in [6, 6.07) is 2.67. The number of halogens is 2. The zero-order valence-electron chi connectivity index (χ0n) is 11.5. The van der Waals surface area contributed by atoms with E-state index in [2.05, 4.69) is 5.32 Å².